The van der Waals surface area contributed by atoms with Crippen molar-refractivity contribution >= 4 is 5.82 Å². The largest absolute Gasteiger partial charge is 0.381 e. The Labute approximate surface area is 142 Å². The first-order valence-corrected chi connectivity index (χ1v) is 8.77. The second-order valence-corrected chi connectivity index (χ2v) is 6.52. The van der Waals surface area contributed by atoms with Crippen molar-refractivity contribution in [1.82, 2.24) is 24.8 Å². The highest BCUT2D eigenvalue weighted by atomic mass is 16.5. The smallest absolute Gasteiger partial charge is 0.143 e. The summed E-state index contributed by atoms with van der Waals surface area (Å²) >= 11 is 0. The second kappa shape index (κ2) is 7.27. The summed E-state index contributed by atoms with van der Waals surface area (Å²) < 4.78 is 7.34. The van der Waals surface area contributed by atoms with Gasteiger partial charge in [-0.1, -0.05) is 0 Å². The van der Waals surface area contributed by atoms with Crippen molar-refractivity contribution < 1.29 is 4.74 Å². The summed E-state index contributed by atoms with van der Waals surface area (Å²) in [5.41, 5.74) is 0. The molecule has 7 heteroatoms. The highest BCUT2D eigenvalue weighted by Gasteiger charge is 2.23. The van der Waals surface area contributed by atoms with E-state index in [1.807, 2.05) is 16.8 Å². The first-order valence-electron chi connectivity index (χ1n) is 8.77. The van der Waals surface area contributed by atoms with Gasteiger partial charge in [-0.15, -0.1) is 0 Å². The van der Waals surface area contributed by atoms with Crippen LogP contribution < -0.4 is 10.2 Å². The summed E-state index contributed by atoms with van der Waals surface area (Å²) in [6, 6.07) is 3.27. The average molecular weight is 328 g/mol. The normalized spacial score (nSPS) is 20.4. The van der Waals surface area contributed by atoms with Crippen LogP contribution in [0.2, 0.25) is 0 Å². The second-order valence-electron chi connectivity index (χ2n) is 6.52. The number of hydrogen-bond donors (Lipinski definition) is 1. The Bertz CT molecular complexity index is 632. The van der Waals surface area contributed by atoms with Gasteiger partial charge in [0.1, 0.15) is 24.3 Å². The van der Waals surface area contributed by atoms with E-state index in [2.05, 4.69) is 25.2 Å². The molecule has 2 fully saturated rings. The third-order valence-electron chi connectivity index (χ3n) is 4.92. The Balaban J connectivity index is 1.35. The minimum atomic E-state index is 0.610. The molecule has 0 atom stereocenters. The zero-order chi connectivity index (χ0) is 16.2. The molecule has 24 heavy (non-hydrogen) atoms. The molecule has 128 valence electrons. The topological polar surface area (TPSA) is 68.1 Å². The third-order valence-corrected chi connectivity index (χ3v) is 4.92. The lowest BCUT2D eigenvalue weighted by Gasteiger charge is -2.36. The predicted octanol–water partition coefficient (Wildman–Crippen LogP) is 1.40. The molecule has 0 aromatic carbocycles. The van der Waals surface area contributed by atoms with Gasteiger partial charge in [0, 0.05) is 56.8 Å². The summed E-state index contributed by atoms with van der Waals surface area (Å²) in [4.78, 5) is 15.2. The summed E-state index contributed by atoms with van der Waals surface area (Å²) in [5, 5.41) is 3.81. The zero-order valence-electron chi connectivity index (χ0n) is 13.8. The maximum Gasteiger partial charge on any atom is 0.143 e. The van der Waals surface area contributed by atoms with Crippen molar-refractivity contribution in [3.05, 3.63) is 31.1 Å². The first kappa shape index (κ1) is 15.5. The molecular weight excluding hydrogens is 304 g/mol. The maximum atomic E-state index is 5.44. The van der Waals surface area contributed by atoms with E-state index in [9.17, 15) is 0 Å². The molecule has 4 heterocycles. The van der Waals surface area contributed by atoms with Gasteiger partial charge in [0.25, 0.3) is 0 Å². The summed E-state index contributed by atoms with van der Waals surface area (Å²) in [5.74, 6) is 1.86. The van der Waals surface area contributed by atoms with Gasteiger partial charge in [0.2, 0.25) is 0 Å². The lowest BCUT2D eigenvalue weighted by Crippen LogP contribution is -2.47. The average Bonchev–Trinajstić information content (AvgIpc) is 3.18. The van der Waals surface area contributed by atoms with Gasteiger partial charge in [0.15, 0.2) is 0 Å². The predicted molar refractivity (Wildman–Crippen MR) is 91.4 cm³/mol. The maximum absolute atomic E-state index is 5.44. The van der Waals surface area contributed by atoms with Crippen LogP contribution in [-0.2, 0) is 4.74 Å². The number of rotatable bonds is 4. The summed E-state index contributed by atoms with van der Waals surface area (Å²) in [7, 11) is 0. The minimum absolute atomic E-state index is 0.610. The van der Waals surface area contributed by atoms with Gasteiger partial charge in [0.05, 0.1) is 0 Å². The number of nitrogens with one attached hydrogen (secondary N) is 1. The molecule has 1 N–H and O–H groups in total. The number of anilines is 1. The lowest BCUT2D eigenvalue weighted by atomic mass is 10.0. The molecule has 2 saturated heterocycles. The molecule has 0 saturated carbocycles. The number of imidazole rings is 1. The Morgan fingerprint density at radius 3 is 2.50 bits per heavy atom. The SMILES string of the molecule is c1cn(-c2cc(N3CCC(NC4CCOCC4)CC3)ncn2)cn1. The third kappa shape index (κ3) is 3.57. The van der Waals surface area contributed by atoms with Crippen molar-refractivity contribution in [2.75, 3.05) is 31.2 Å². The van der Waals surface area contributed by atoms with E-state index in [1.54, 1.807) is 18.9 Å². The van der Waals surface area contributed by atoms with Gasteiger partial charge in [-0.25, -0.2) is 15.0 Å². The number of nitrogens with zero attached hydrogens (tertiary/aromatic N) is 5. The Morgan fingerprint density at radius 2 is 1.75 bits per heavy atom. The summed E-state index contributed by atoms with van der Waals surface area (Å²) in [6.45, 7) is 3.85. The fourth-order valence-electron chi connectivity index (χ4n) is 3.52. The molecule has 0 aliphatic carbocycles. The van der Waals surface area contributed by atoms with Crippen LogP contribution in [0.3, 0.4) is 0 Å². The molecule has 2 aliphatic heterocycles. The van der Waals surface area contributed by atoms with Crippen LogP contribution in [-0.4, -0.2) is 57.9 Å². The number of hydrogen-bond acceptors (Lipinski definition) is 6. The molecule has 2 aromatic heterocycles. The van der Waals surface area contributed by atoms with E-state index in [1.165, 1.54) is 0 Å². The van der Waals surface area contributed by atoms with E-state index in [0.717, 1.165) is 63.6 Å². The van der Waals surface area contributed by atoms with Gasteiger partial charge >= 0.3 is 0 Å². The van der Waals surface area contributed by atoms with Gasteiger partial charge in [-0.2, -0.15) is 0 Å². The molecule has 4 rings (SSSR count). The van der Waals surface area contributed by atoms with E-state index >= 15 is 0 Å². The first-order chi connectivity index (χ1) is 11.9. The van der Waals surface area contributed by atoms with Crippen molar-refractivity contribution in [1.29, 1.82) is 0 Å². The number of ether oxygens (including phenoxy) is 1. The van der Waals surface area contributed by atoms with E-state index in [4.69, 9.17) is 4.74 Å². The van der Waals surface area contributed by atoms with Crippen molar-refractivity contribution in [2.24, 2.45) is 0 Å². The molecule has 2 aliphatic rings. The Hall–Kier alpha value is -1.99. The van der Waals surface area contributed by atoms with Crippen molar-refractivity contribution in [3.63, 3.8) is 0 Å². The minimum Gasteiger partial charge on any atom is -0.381 e. The number of aromatic nitrogens is 4. The highest BCUT2D eigenvalue weighted by Crippen LogP contribution is 2.20. The standard InChI is InChI=1S/C17H24N6O/c1-6-22(7-2-14(1)21-15-3-9-24-10-4-15)16-11-17(20-12-19-16)23-8-5-18-13-23/h5,8,11-15,21H,1-4,6-7,9-10H2. The zero-order valence-corrected chi connectivity index (χ0v) is 13.8. The van der Waals surface area contributed by atoms with E-state index in [0.29, 0.717) is 12.1 Å². The van der Waals surface area contributed by atoms with Gasteiger partial charge in [-0.3, -0.25) is 4.57 Å². The van der Waals surface area contributed by atoms with Crippen LogP contribution in [0.5, 0.6) is 0 Å². The van der Waals surface area contributed by atoms with E-state index < -0.39 is 0 Å². The van der Waals surface area contributed by atoms with Crippen LogP contribution >= 0.6 is 0 Å². The molecule has 2 aromatic rings. The van der Waals surface area contributed by atoms with Gasteiger partial charge in [-0.05, 0) is 25.7 Å². The van der Waals surface area contributed by atoms with Crippen molar-refractivity contribution in [2.45, 2.75) is 37.8 Å². The molecule has 0 amide bonds. The molecule has 0 spiro atoms. The van der Waals surface area contributed by atoms with Crippen LogP contribution in [0.25, 0.3) is 5.82 Å². The number of piperidine rings is 1. The Morgan fingerprint density at radius 1 is 1.00 bits per heavy atom. The molecule has 0 radical (unpaired) electrons. The fraction of sp³-hybridized carbons (Fsp3) is 0.588. The van der Waals surface area contributed by atoms with Crippen LogP contribution in [0.1, 0.15) is 25.7 Å². The van der Waals surface area contributed by atoms with Crippen LogP contribution in [0, 0.1) is 0 Å². The Kier molecular flexibility index (Phi) is 4.71. The molecule has 0 bridgehead atoms. The lowest BCUT2D eigenvalue weighted by molar-refractivity contribution is 0.0738. The van der Waals surface area contributed by atoms with Crippen LogP contribution in [0.15, 0.2) is 31.1 Å². The van der Waals surface area contributed by atoms with Gasteiger partial charge < -0.3 is 15.0 Å². The molecule has 7 nitrogen and oxygen atoms in total. The monoisotopic (exact) mass is 328 g/mol. The molecular formula is C17H24N6O. The van der Waals surface area contributed by atoms with Crippen LogP contribution in [0.4, 0.5) is 5.82 Å². The fourth-order valence-corrected chi connectivity index (χ4v) is 3.52. The quantitative estimate of drug-likeness (QED) is 0.915. The highest BCUT2D eigenvalue weighted by molar-refractivity contribution is 5.43. The van der Waals surface area contributed by atoms with E-state index in [-0.39, 0.29) is 0 Å². The summed E-state index contributed by atoms with van der Waals surface area (Å²) in [6.07, 6.45) is 11.6. The molecule has 0 unspecified atom stereocenters. The van der Waals surface area contributed by atoms with Crippen molar-refractivity contribution in [3.8, 4) is 5.82 Å².